The Morgan fingerprint density at radius 2 is 2.12 bits per heavy atom. The highest BCUT2D eigenvalue weighted by atomic mass is 16.3. The van der Waals surface area contributed by atoms with Crippen LogP contribution in [0.3, 0.4) is 0 Å². The zero-order valence-corrected chi connectivity index (χ0v) is 10.0. The summed E-state index contributed by atoms with van der Waals surface area (Å²) in [7, 11) is 0. The predicted molar refractivity (Wildman–Crippen MR) is 65.3 cm³/mol. The molecule has 0 radical (unpaired) electrons. The lowest BCUT2D eigenvalue weighted by molar-refractivity contribution is 0.188. The molecule has 0 unspecified atom stereocenters. The maximum atomic E-state index is 11.4. The lowest BCUT2D eigenvalue weighted by Crippen LogP contribution is -2.47. The summed E-state index contributed by atoms with van der Waals surface area (Å²) in [4.78, 5) is 22.6. The monoisotopic (exact) mass is 238 g/mol. The number of H-pyrrole nitrogens is 1. The Morgan fingerprint density at radius 1 is 1.41 bits per heavy atom. The molecule has 6 heteroatoms. The van der Waals surface area contributed by atoms with Gasteiger partial charge in [-0.25, -0.2) is 4.98 Å². The first-order valence-corrected chi connectivity index (χ1v) is 5.85. The van der Waals surface area contributed by atoms with E-state index in [0.29, 0.717) is 5.82 Å². The SMILES string of the molecule is Cc1nc(N2CCN(CCO)CC2)cc(=O)[nH]1. The van der Waals surface area contributed by atoms with E-state index in [2.05, 4.69) is 19.8 Å². The van der Waals surface area contributed by atoms with Crippen LogP contribution < -0.4 is 10.5 Å². The number of hydrogen-bond acceptors (Lipinski definition) is 5. The van der Waals surface area contributed by atoms with Gasteiger partial charge in [0, 0.05) is 38.8 Å². The van der Waals surface area contributed by atoms with E-state index >= 15 is 0 Å². The summed E-state index contributed by atoms with van der Waals surface area (Å²) in [6.45, 7) is 6.18. The van der Waals surface area contributed by atoms with Crippen molar-refractivity contribution < 1.29 is 5.11 Å². The number of rotatable bonds is 3. The number of piperazine rings is 1. The molecule has 94 valence electrons. The van der Waals surface area contributed by atoms with E-state index in [1.54, 1.807) is 6.92 Å². The molecule has 0 aliphatic carbocycles. The largest absolute Gasteiger partial charge is 0.395 e. The molecule has 2 heterocycles. The van der Waals surface area contributed by atoms with E-state index in [4.69, 9.17) is 5.11 Å². The minimum Gasteiger partial charge on any atom is -0.395 e. The minimum absolute atomic E-state index is 0.106. The number of nitrogens with zero attached hydrogens (tertiary/aromatic N) is 3. The summed E-state index contributed by atoms with van der Waals surface area (Å²) in [6.07, 6.45) is 0. The number of anilines is 1. The van der Waals surface area contributed by atoms with Gasteiger partial charge in [-0.1, -0.05) is 0 Å². The summed E-state index contributed by atoms with van der Waals surface area (Å²) in [5.41, 5.74) is -0.106. The van der Waals surface area contributed by atoms with Crippen LogP contribution in [0.4, 0.5) is 5.82 Å². The van der Waals surface area contributed by atoms with Gasteiger partial charge in [0.05, 0.1) is 6.61 Å². The third-order valence-electron chi connectivity index (χ3n) is 2.96. The van der Waals surface area contributed by atoms with Crippen LogP contribution in [0.5, 0.6) is 0 Å². The van der Waals surface area contributed by atoms with Crippen LogP contribution in [0.1, 0.15) is 5.82 Å². The van der Waals surface area contributed by atoms with Crippen molar-refractivity contribution in [1.29, 1.82) is 0 Å². The van der Waals surface area contributed by atoms with E-state index in [1.165, 1.54) is 6.07 Å². The van der Waals surface area contributed by atoms with E-state index in [1.807, 2.05) is 0 Å². The molecule has 2 N–H and O–H groups in total. The first kappa shape index (κ1) is 12.1. The van der Waals surface area contributed by atoms with Gasteiger partial charge in [-0.15, -0.1) is 0 Å². The van der Waals surface area contributed by atoms with Gasteiger partial charge < -0.3 is 15.0 Å². The molecule has 0 atom stereocenters. The van der Waals surface area contributed by atoms with Crippen molar-refractivity contribution in [1.82, 2.24) is 14.9 Å². The molecular weight excluding hydrogens is 220 g/mol. The topological polar surface area (TPSA) is 72.5 Å². The number of β-amino-alcohol motifs (C(OH)–C–C–N with tert-alkyl or cyclic N) is 1. The maximum Gasteiger partial charge on any atom is 0.252 e. The van der Waals surface area contributed by atoms with Gasteiger partial charge in [-0.3, -0.25) is 9.69 Å². The third-order valence-corrected chi connectivity index (χ3v) is 2.96. The van der Waals surface area contributed by atoms with E-state index in [0.717, 1.165) is 38.5 Å². The third kappa shape index (κ3) is 3.04. The second-order valence-corrected chi connectivity index (χ2v) is 4.24. The highest BCUT2D eigenvalue weighted by Crippen LogP contribution is 2.11. The second-order valence-electron chi connectivity index (χ2n) is 4.24. The molecule has 1 saturated heterocycles. The van der Waals surface area contributed by atoms with Crippen LogP contribution in [-0.4, -0.2) is 59.3 Å². The zero-order valence-electron chi connectivity index (χ0n) is 10.0. The number of aryl methyl sites for hydroxylation is 1. The molecule has 0 saturated carbocycles. The first-order valence-electron chi connectivity index (χ1n) is 5.85. The van der Waals surface area contributed by atoms with Crippen molar-refractivity contribution in [3.8, 4) is 0 Å². The fourth-order valence-electron chi connectivity index (χ4n) is 2.07. The number of aromatic nitrogens is 2. The van der Waals surface area contributed by atoms with Gasteiger partial charge in [0.25, 0.3) is 5.56 Å². The summed E-state index contributed by atoms with van der Waals surface area (Å²) < 4.78 is 0. The second kappa shape index (κ2) is 5.29. The zero-order chi connectivity index (χ0) is 12.3. The summed E-state index contributed by atoms with van der Waals surface area (Å²) in [5, 5.41) is 8.86. The van der Waals surface area contributed by atoms with Crippen molar-refractivity contribution in [2.24, 2.45) is 0 Å². The Bertz CT molecular complexity index is 424. The molecule has 1 aliphatic heterocycles. The quantitative estimate of drug-likeness (QED) is 0.721. The van der Waals surface area contributed by atoms with Crippen molar-refractivity contribution in [3.05, 3.63) is 22.2 Å². The van der Waals surface area contributed by atoms with Crippen LogP contribution in [0, 0.1) is 6.92 Å². The van der Waals surface area contributed by atoms with Gasteiger partial charge in [0.2, 0.25) is 0 Å². The molecule has 2 rings (SSSR count). The maximum absolute atomic E-state index is 11.4. The number of hydrogen-bond donors (Lipinski definition) is 2. The van der Waals surface area contributed by atoms with Crippen LogP contribution in [-0.2, 0) is 0 Å². The Kier molecular flexibility index (Phi) is 3.75. The van der Waals surface area contributed by atoms with Gasteiger partial charge in [0.1, 0.15) is 11.6 Å². The molecule has 1 fully saturated rings. The van der Waals surface area contributed by atoms with Gasteiger partial charge >= 0.3 is 0 Å². The molecule has 1 aromatic rings. The molecule has 0 aromatic carbocycles. The number of aliphatic hydroxyl groups excluding tert-OH is 1. The Labute approximate surface area is 99.9 Å². The van der Waals surface area contributed by atoms with Gasteiger partial charge in [-0.05, 0) is 6.92 Å². The first-order chi connectivity index (χ1) is 8.19. The average Bonchev–Trinajstić information content (AvgIpc) is 2.29. The lowest BCUT2D eigenvalue weighted by atomic mass is 10.3. The number of aliphatic hydroxyl groups is 1. The Hall–Kier alpha value is -1.40. The molecule has 0 spiro atoms. The molecular formula is C11H18N4O2. The van der Waals surface area contributed by atoms with E-state index in [-0.39, 0.29) is 12.2 Å². The standard InChI is InChI=1S/C11H18N4O2/c1-9-12-10(8-11(17)13-9)15-4-2-14(3-5-15)6-7-16/h8,16H,2-7H2,1H3,(H,12,13,17). The van der Waals surface area contributed by atoms with Crippen LogP contribution in [0.15, 0.2) is 10.9 Å². The average molecular weight is 238 g/mol. The summed E-state index contributed by atoms with van der Waals surface area (Å²) in [6, 6.07) is 1.54. The number of aromatic amines is 1. The smallest absolute Gasteiger partial charge is 0.252 e. The minimum atomic E-state index is -0.106. The van der Waals surface area contributed by atoms with E-state index < -0.39 is 0 Å². The van der Waals surface area contributed by atoms with Crippen LogP contribution in [0.2, 0.25) is 0 Å². The molecule has 1 aromatic heterocycles. The van der Waals surface area contributed by atoms with Gasteiger partial charge in [-0.2, -0.15) is 0 Å². The van der Waals surface area contributed by atoms with Crippen molar-refractivity contribution in [2.45, 2.75) is 6.92 Å². The highest BCUT2D eigenvalue weighted by molar-refractivity contribution is 5.37. The van der Waals surface area contributed by atoms with E-state index in [9.17, 15) is 4.79 Å². The fourth-order valence-corrected chi connectivity index (χ4v) is 2.07. The van der Waals surface area contributed by atoms with Gasteiger partial charge in [0.15, 0.2) is 0 Å². The molecule has 6 nitrogen and oxygen atoms in total. The normalized spacial score (nSPS) is 17.4. The van der Waals surface area contributed by atoms with Crippen LogP contribution in [0.25, 0.3) is 0 Å². The Balaban J connectivity index is 2.02. The van der Waals surface area contributed by atoms with Crippen molar-refractivity contribution >= 4 is 5.82 Å². The van der Waals surface area contributed by atoms with Crippen molar-refractivity contribution in [3.63, 3.8) is 0 Å². The molecule has 1 aliphatic rings. The molecule has 17 heavy (non-hydrogen) atoms. The van der Waals surface area contributed by atoms with Crippen molar-refractivity contribution in [2.75, 3.05) is 44.2 Å². The lowest BCUT2D eigenvalue weighted by Gasteiger charge is -2.34. The molecule has 0 amide bonds. The van der Waals surface area contributed by atoms with Crippen LogP contribution >= 0.6 is 0 Å². The predicted octanol–water partition coefficient (Wildman–Crippen LogP) is -0.807. The Morgan fingerprint density at radius 3 is 2.71 bits per heavy atom. The fraction of sp³-hybridized carbons (Fsp3) is 0.636. The highest BCUT2D eigenvalue weighted by Gasteiger charge is 2.17. The summed E-state index contributed by atoms with van der Waals surface area (Å²) in [5.74, 6) is 1.39. The molecule has 0 bridgehead atoms. The summed E-state index contributed by atoms with van der Waals surface area (Å²) >= 11 is 0. The number of nitrogens with one attached hydrogen (secondary N) is 1.